The summed E-state index contributed by atoms with van der Waals surface area (Å²) < 4.78 is 5.40. The zero-order chi connectivity index (χ0) is 27.1. The number of hydrogen-bond donors (Lipinski definition) is 1. The van der Waals surface area contributed by atoms with Crippen molar-refractivity contribution < 1.29 is 19.1 Å². The van der Waals surface area contributed by atoms with Gasteiger partial charge in [-0.25, -0.2) is 4.79 Å². The van der Waals surface area contributed by atoms with Crippen LogP contribution in [0.25, 0.3) is 0 Å². The Hall–Kier alpha value is -4.19. The molecule has 1 N–H and O–H groups in total. The number of benzene rings is 3. The summed E-state index contributed by atoms with van der Waals surface area (Å²) >= 11 is 0. The van der Waals surface area contributed by atoms with Gasteiger partial charge in [-0.3, -0.25) is 9.59 Å². The van der Waals surface area contributed by atoms with E-state index in [1.54, 1.807) is 30.9 Å². The van der Waals surface area contributed by atoms with Crippen LogP contribution >= 0.6 is 0 Å². The van der Waals surface area contributed by atoms with Crippen molar-refractivity contribution in [1.29, 1.82) is 0 Å². The van der Waals surface area contributed by atoms with Gasteiger partial charge in [-0.1, -0.05) is 72.3 Å². The molecule has 0 fully saturated rings. The highest BCUT2D eigenvalue weighted by Gasteiger charge is 2.37. The molecular formula is C32H34N2O4. The summed E-state index contributed by atoms with van der Waals surface area (Å²) in [5, 5.41) is 2.97. The largest absolute Gasteiger partial charge is 0.463 e. The van der Waals surface area contributed by atoms with Crippen LogP contribution < -0.4 is 5.32 Å². The van der Waals surface area contributed by atoms with E-state index in [0.29, 0.717) is 23.4 Å². The summed E-state index contributed by atoms with van der Waals surface area (Å²) in [5.74, 6) is -0.994. The summed E-state index contributed by atoms with van der Waals surface area (Å²) in [6.07, 6.45) is 0.923. The SMILES string of the molecule is CCOC(=O)C1=C(C)N(Cc2cccc(C(=O)NCCc3ccccc3)c2)C(=O)CC1c1cccc(C)c1. The van der Waals surface area contributed by atoms with E-state index in [1.807, 2.05) is 73.7 Å². The molecule has 0 spiro atoms. The normalized spacial score (nSPS) is 15.4. The average molecular weight is 511 g/mol. The van der Waals surface area contributed by atoms with E-state index in [1.165, 1.54) is 0 Å². The Morgan fingerprint density at radius 2 is 1.68 bits per heavy atom. The second kappa shape index (κ2) is 12.4. The maximum atomic E-state index is 13.4. The maximum Gasteiger partial charge on any atom is 0.336 e. The topological polar surface area (TPSA) is 75.7 Å². The quantitative estimate of drug-likeness (QED) is 0.395. The molecule has 4 rings (SSSR count). The van der Waals surface area contributed by atoms with Crippen molar-refractivity contribution in [3.8, 4) is 0 Å². The molecule has 6 nitrogen and oxygen atoms in total. The van der Waals surface area contributed by atoms with Crippen LogP contribution in [0.5, 0.6) is 0 Å². The molecule has 0 saturated carbocycles. The molecule has 2 amide bonds. The minimum Gasteiger partial charge on any atom is -0.463 e. The van der Waals surface area contributed by atoms with Gasteiger partial charge >= 0.3 is 5.97 Å². The molecule has 0 aliphatic carbocycles. The van der Waals surface area contributed by atoms with E-state index in [-0.39, 0.29) is 37.3 Å². The number of nitrogens with zero attached hydrogens (tertiary/aromatic N) is 1. The third-order valence-electron chi connectivity index (χ3n) is 6.83. The second-order valence-electron chi connectivity index (χ2n) is 9.56. The number of nitrogens with one attached hydrogen (secondary N) is 1. The van der Waals surface area contributed by atoms with E-state index in [2.05, 4.69) is 5.32 Å². The predicted octanol–water partition coefficient (Wildman–Crippen LogP) is 5.32. The number of carbonyl (C=O) groups is 3. The Morgan fingerprint density at radius 3 is 2.42 bits per heavy atom. The summed E-state index contributed by atoms with van der Waals surface area (Å²) in [6, 6.07) is 25.2. The van der Waals surface area contributed by atoms with Crippen molar-refractivity contribution in [3.05, 3.63) is 118 Å². The second-order valence-corrected chi connectivity index (χ2v) is 9.56. The zero-order valence-electron chi connectivity index (χ0n) is 22.2. The molecule has 0 saturated heterocycles. The first-order chi connectivity index (χ1) is 18.4. The first-order valence-electron chi connectivity index (χ1n) is 13.0. The summed E-state index contributed by atoms with van der Waals surface area (Å²) in [6.45, 7) is 6.61. The Balaban J connectivity index is 1.53. The van der Waals surface area contributed by atoms with Crippen LogP contribution in [0.3, 0.4) is 0 Å². The first kappa shape index (κ1) is 26.9. The highest BCUT2D eigenvalue weighted by molar-refractivity contribution is 5.96. The molecule has 0 bridgehead atoms. The van der Waals surface area contributed by atoms with Crippen LogP contribution in [-0.2, 0) is 27.3 Å². The van der Waals surface area contributed by atoms with Gasteiger partial charge in [0.15, 0.2) is 0 Å². The molecule has 0 radical (unpaired) electrons. The average Bonchev–Trinajstić information content (AvgIpc) is 2.91. The van der Waals surface area contributed by atoms with Gasteiger partial charge in [-0.2, -0.15) is 0 Å². The Bertz CT molecular complexity index is 1350. The van der Waals surface area contributed by atoms with Crippen LogP contribution in [0.15, 0.2) is 90.1 Å². The molecule has 38 heavy (non-hydrogen) atoms. The van der Waals surface area contributed by atoms with E-state index >= 15 is 0 Å². The number of aryl methyl sites for hydroxylation is 1. The minimum atomic E-state index is -0.402. The zero-order valence-corrected chi connectivity index (χ0v) is 22.2. The van der Waals surface area contributed by atoms with Crippen molar-refractivity contribution in [3.63, 3.8) is 0 Å². The Labute approximate surface area is 224 Å². The lowest BCUT2D eigenvalue weighted by Crippen LogP contribution is -2.38. The molecule has 0 aromatic heterocycles. The van der Waals surface area contributed by atoms with E-state index < -0.39 is 5.97 Å². The van der Waals surface area contributed by atoms with Gasteiger partial charge in [0, 0.05) is 30.1 Å². The van der Waals surface area contributed by atoms with Crippen molar-refractivity contribution >= 4 is 17.8 Å². The standard InChI is InChI=1S/C32H34N2O4/c1-4-38-32(37)30-23(3)34(29(35)20-28(30)26-14-8-10-22(2)18-26)21-25-13-9-15-27(19-25)31(36)33-17-16-24-11-6-5-7-12-24/h5-15,18-19,28H,4,16-17,20-21H2,1-3H3,(H,33,36). The first-order valence-corrected chi connectivity index (χ1v) is 13.0. The highest BCUT2D eigenvalue weighted by Crippen LogP contribution is 2.38. The van der Waals surface area contributed by atoms with Crippen molar-refractivity contribution in [1.82, 2.24) is 10.2 Å². The highest BCUT2D eigenvalue weighted by atomic mass is 16.5. The lowest BCUT2D eigenvalue weighted by molar-refractivity contribution is -0.140. The maximum absolute atomic E-state index is 13.4. The van der Waals surface area contributed by atoms with Crippen LogP contribution in [0.1, 0.15) is 58.8 Å². The van der Waals surface area contributed by atoms with E-state index in [9.17, 15) is 14.4 Å². The van der Waals surface area contributed by atoms with Gasteiger partial charge in [0.05, 0.1) is 18.7 Å². The van der Waals surface area contributed by atoms with Gasteiger partial charge in [0.1, 0.15) is 0 Å². The summed E-state index contributed by atoms with van der Waals surface area (Å²) in [4.78, 5) is 40.8. The number of hydrogen-bond acceptors (Lipinski definition) is 4. The van der Waals surface area contributed by atoms with Gasteiger partial charge in [0.25, 0.3) is 5.91 Å². The van der Waals surface area contributed by atoms with Crippen molar-refractivity contribution in [2.45, 2.75) is 46.1 Å². The molecule has 3 aromatic rings. The molecule has 1 aliphatic rings. The fourth-order valence-electron chi connectivity index (χ4n) is 4.91. The molecule has 3 aromatic carbocycles. The fraction of sp³-hybridized carbons (Fsp3) is 0.281. The monoisotopic (exact) mass is 510 g/mol. The molecule has 6 heteroatoms. The third kappa shape index (κ3) is 6.38. The van der Waals surface area contributed by atoms with Crippen molar-refractivity contribution in [2.75, 3.05) is 13.2 Å². The lowest BCUT2D eigenvalue weighted by atomic mass is 9.83. The lowest BCUT2D eigenvalue weighted by Gasteiger charge is -2.34. The number of carbonyl (C=O) groups excluding carboxylic acids is 3. The van der Waals surface area contributed by atoms with Gasteiger partial charge < -0.3 is 15.0 Å². The van der Waals surface area contributed by atoms with Crippen LogP contribution in [-0.4, -0.2) is 35.8 Å². The predicted molar refractivity (Wildman–Crippen MR) is 147 cm³/mol. The fourth-order valence-corrected chi connectivity index (χ4v) is 4.91. The number of esters is 1. The Morgan fingerprint density at radius 1 is 0.947 bits per heavy atom. The smallest absolute Gasteiger partial charge is 0.336 e. The van der Waals surface area contributed by atoms with E-state index in [0.717, 1.165) is 28.7 Å². The van der Waals surface area contributed by atoms with E-state index in [4.69, 9.17) is 4.74 Å². The van der Waals surface area contributed by atoms with Crippen LogP contribution in [0.2, 0.25) is 0 Å². The molecule has 1 aliphatic heterocycles. The number of amides is 2. The summed E-state index contributed by atoms with van der Waals surface area (Å²) in [7, 11) is 0. The molecule has 1 heterocycles. The molecule has 1 unspecified atom stereocenters. The third-order valence-corrected chi connectivity index (χ3v) is 6.83. The Kier molecular flexibility index (Phi) is 8.74. The number of allylic oxidation sites excluding steroid dienone is 1. The molecular weight excluding hydrogens is 476 g/mol. The molecule has 196 valence electrons. The van der Waals surface area contributed by atoms with Gasteiger partial charge in [-0.05, 0) is 56.0 Å². The molecule has 1 atom stereocenters. The van der Waals surface area contributed by atoms with Gasteiger partial charge in [0.2, 0.25) is 5.91 Å². The van der Waals surface area contributed by atoms with Crippen LogP contribution in [0.4, 0.5) is 0 Å². The number of rotatable bonds is 9. The minimum absolute atomic E-state index is 0.0697. The number of ether oxygens (including phenoxy) is 1. The van der Waals surface area contributed by atoms with Crippen molar-refractivity contribution in [2.24, 2.45) is 0 Å². The van der Waals surface area contributed by atoms with Crippen LogP contribution in [0, 0.1) is 6.92 Å². The summed E-state index contributed by atoms with van der Waals surface area (Å²) in [5.41, 5.74) is 5.59. The van der Waals surface area contributed by atoms with Gasteiger partial charge in [-0.15, -0.1) is 0 Å².